The van der Waals surface area contributed by atoms with Gasteiger partial charge in [0, 0.05) is 24.1 Å². The lowest BCUT2D eigenvalue weighted by Crippen LogP contribution is -2.11. The number of aromatic nitrogens is 2. The minimum Gasteiger partial charge on any atom is -0.299 e. The number of benzene rings is 1. The first kappa shape index (κ1) is 15.0. The zero-order valence-electron chi connectivity index (χ0n) is 11.1. The predicted molar refractivity (Wildman–Crippen MR) is 76.8 cm³/mol. The first-order valence-corrected chi connectivity index (χ1v) is 6.78. The number of aryl methyl sites for hydroxylation is 2. The predicted octanol–water partition coefficient (Wildman–Crippen LogP) is 3.53. The van der Waals surface area contributed by atoms with E-state index < -0.39 is 5.82 Å². The van der Waals surface area contributed by atoms with Gasteiger partial charge in [-0.1, -0.05) is 29.3 Å². The van der Waals surface area contributed by atoms with Crippen molar-refractivity contribution in [3.05, 3.63) is 51.0 Å². The number of carbonyl (C=O) groups is 1. The number of ketones is 1. The SMILES string of the molecule is Cc1nn(C)c(CC(=O)Cc2c(F)cccc2Cl)c1Cl. The van der Waals surface area contributed by atoms with Gasteiger partial charge in [-0.15, -0.1) is 0 Å². The highest BCUT2D eigenvalue weighted by Crippen LogP contribution is 2.23. The molecule has 0 saturated heterocycles. The number of nitrogens with zero attached hydrogens (tertiary/aromatic N) is 2. The van der Waals surface area contributed by atoms with E-state index in [0.29, 0.717) is 16.4 Å². The van der Waals surface area contributed by atoms with E-state index in [1.165, 1.54) is 12.1 Å². The number of hydrogen-bond acceptors (Lipinski definition) is 2. The molecule has 6 heteroatoms. The largest absolute Gasteiger partial charge is 0.299 e. The van der Waals surface area contributed by atoms with Crippen LogP contribution in [0.1, 0.15) is 17.0 Å². The van der Waals surface area contributed by atoms with Gasteiger partial charge in [-0.05, 0) is 19.1 Å². The Labute approximate surface area is 126 Å². The molecule has 0 N–H and O–H groups in total. The van der Waals surface area contributed by atoms with Crippen LogP contribution < -0.4 is 0 Å². The van der Waals surface area contributed by atoms with Crippen molar-refractivity contribution in [1.82, 2.24) is 9.78 Å². The smallest absolute Gasteiger partial charge is 0.143 e. The normalized spacial score (nSPS) is 10.8. The molecule has 2 aromatic rings. The standard InChI is InChI=1S/C14H13Cl2FN2O/c1-8-14(16)13(19(2)18-8)7-9(20)6-10-11(15)4-3-5-12(10)17/h3-5H,6-7H2,1-2H3. The van der Waals surface area contributed by atoms with Crippen molar-refractivity contribution < 1.29 is 9.18 Å². The van der Waals surface area contributed by atoms with Crippen molar-refractivity contribution in [3.63, 3.8) is 0 Å². The third-order valence-electron chi connectivity index (χ3n) is 3.06. The number of rotatable bonds is 4. The second-order valence-electron chi connectivity index (χ2n) is 4.56. The van der Waals surface area contributed by atoms with E-state index in [4.69, 9.17) is 23.2 Å². The summed E-state index contributed by atoms with van der Waals surface area (Å²) >= 11 is 12.0. The molecule has 1 heterocycles. The van der Waals surface area contributed by atoms with Crippen molar-refractivity contribution in [2.45, 2.75) is 19.8 Å². The van der Waals surface area contributed by atoms with Crippen molar-refractivity contribution in [3.8, 4) is 0 Å². The Morgan fingerprint density at radius 3 is 2.60 bits per heavy atom. The van der Waals surface area contributed by atoms with Crippen LogP contribution in [-0.2, 0) is 24.7 Å². The van der Waals surface area contributed by atoms with Crippen molar-refractivity contribution in [2.24, 2.45) is 7.05 Å². The summed E-state index contributed by atoms with van der Waals surface area (Å²) < 4.78 is 15.2. The maximum Gasteiger partial charge on any atom is 0.143 e. The first-order chi connectivity index (χ1) is 9.40. The van der Waals surface area contributed by atoms with Crippen LogP contribution in [0.2, 0.25) is 10.0 Å². The number of Topliss-reactive ketones (excluding diaryl/α,β-unsaturated/α-hetero) is 1. The van der Waals surface area contributed by atoms with Crippen LogP contribution in [-0.4, -0.2) is 15.6 Å². The van der Waals surface area contributed by atoms with Gasteiger partial charge in [0.05, 0.1) is 22.8 Å². The highest BCUT2D eigenvalue weighted by molar-refractivity contribution is 6.32. The summed E-state index contributed by atoms with van der Waals surface area (Å²) in [5, 5.41) is 4.87. The van der Waals surface area contributed by atoms with Crippen molar-refractivity contribution >= 4 is 29.0 Å². The van der Waals surface area contributed by atoms with Gasteiger partial charge >= 0.3 is 0 Å². The van der Waals surface area contributed by atoms with Gasteiger partial charge in [-0.3, -0.25) is 9.48 Å². The minimum absolute atomic E-state index is 0.0634. The fraction of sp³-hybridized carbons (Fsp3) is 0.286. The Morgan fingerprint density at radius 1 is 1.35 bits per heavy atom. The summed E-state index contributed by atoms with van der Waals surface area (Å²) in [5.74, 6) is -0.639. The molecule has 0 aliphatic heterocycles. The Morgan fingerprint density at radius 2 is 2.05 bits per heavy atom. The Hall–Kier alpha value is -1.39. The maximum absolute atomic E-state index is 13.6. The van der Waals surface area contributed by atoms with Crippen molar-refractivity contribution in [1.29, 1.82) is 0 Å². The van der Waals surface area contributed by atoms with Gasteiger partial charge in [0.15, 0.2) is 0 Å². The molecule has 1 aromatic heterocycles. The van der Waals surface area contributed by atoms with E-state index in [2.05, 4.69) is 5.10 Å². The summed E-state index contributed by atoms with van der Waals surface area (Å²) in [6.45, 7) is 1.77. The Balaban J connectivity index is 2.18. The van der Waals surface area contributed by atoms with Crippen LogP contribution in [0.15, 0.2) is 18.2 Å². The second-order valence-corrected chi connectivity index (χ2v) is 5.35. The highest BCUT2D eigenvalue weighted by atomic mass is 35.5. The summed E-state index contributed by atoms with van der Waals surface area (Å²) in [7, 11) is 1.72. The van der Waals surface area contributed by atoms with Crippen LogP contribution in [0.4, 0.5) is 4.39 Å². The van der Waals surface area contributed by atoms with E-state index in [0.717, 1.165) is 0 Å². The number of carbonyl (C=O) groups excluding carboxylic acids is 1. The highest BCUT2D eigenvalue weighted by Gasteiger charge is 2.17. The lowest BCUT2D eigenvalue weighted by molar-refractivity contribution is -0.117. The molecule has 0 spiro atoms. The van der Waals surface area contributed by atoms with Gasteiger partial charge in [-0.2, -0.15) is 5.10 Å². The van der Waals surface area contributed by atoms with Gasteiger partial charge < -0.3 is 0 Å². The maximum atomic E-state index is 13.6. The molecule has 0 aliphatic carbocycles. The quantitative estimate of drug-likeness (QED) is 0.865. The zero-order valence-corrected chi connectivity index (χ0v) is 12.6. The monoisotopic (exact) mass is 314 g/mol. The summed E-state index contributed by atoms with van der Waals surface area (Å²) in [4.78, 5) is 12.1. The van der Waals surface area contributed by atoms with Gasteiger partial charge in [0.25, 0.3) is 0 Å². The molecule has 0 aliphatic rings. The van der Waals surface area contributed by atoms with E-state index in [1.54, 1.807) is 24.7 Å². The molecule has 0 atom stereocenters. The van der Waals surface area contributed by atoms with Crippen LogP contribution in [0.25, 0.3) is 0 Å². The second kappa shape index (κ2) is 5.94. The van der Waals surface area contributed by atoms with E-state index in [9.17, 15) is 9.18 Å². The molecule has 2 rings (SSSR count). The fourth-order valence-corrected chi connectivity index (χ4v) is 2.48. The minimum atomic E-state index is -0.474. The number of hydrogen-bond donors (Lipinski definition) is 0. The van der Waals surface area contributed by atoms with Crippen LogP contribution in [0.3, 0.4) is 0 Å². The van der Waals surface area contributed by atoms with Crippen LogP contribution in [0.5, 0.6) is 0 Å². The molecule has 0 saturated carbocycles. The molecule has 3 nitrogen and oxygen atoms in total. The molecule has 0 fully saturated rings. The zero-order chi connectivity index (χ0) is 14.9. The van der Waals surface area contributed by atoms with Gasteiger partial charge in [0.1, 0.15) is 11.6 Å². The van der Waals surface area contributed by atoms with Gasteiger partial charge in [-0.25, -0.2) is 4.39 Å². The molecule has 0 bridgehead atoms. The molecule has 1 aromatic carbocycles. The summed E-state index contributed by atoms with van der Waals surface area (Å²) in [6.07, 6.45) is 0.0346. The van der Waals surface area contributed by atoms with Crippen molar-refractivity contribution in [2.75, 3.05) is 0 Å². The van der Waals surface area contributed by atoms with E-state index >= 15 is 0 Å². The molecular formula is C14H13Cl2FN2O. The number of halogens is 3. The lowest BCUT2D eigenvalue weighted by atomic mass is 10.0. The first-order valence-electron chi connectivity index (χ1n) is 6.02. The summed E-state index contributed by atoms with van der Waals surface area (Å²) in [6, 6.07) is 4.36. The van der Waals surface area contributed by atoms with Gasteiger partial charge in [0.2, 0.25) is 0 Å². The molecule has 0 unspecified atom stereocenters. The van der Waals surface area contributed by atoms with Crippen LogP contribution >= 0.6 is 23.2 Å². The average molecular weight is 315 g/mol. The third-order valence-corrected chi connectivity index (χ3v) is 3.91. The molecular weight excluding hydrogens is 302 g/mol. The molecule has 0 amide bonds. The average Bonchev–Trinajstić information content (AvgIpc) is 2.61. The molecule has 106 valence electrons. The Kier molecular flexibility index (Phi) is 4.45. The molecule has 20 heavy (non-hydrogen) atoms. The topological polar surface area (TPSA) is 34.9 Å². The Bertz CT molecular complexity index is 647. The summed E-state index contributed by atoms with van der Waals surface area (Å²) in [5.41, 5.74) is 1.51. The van der Waals surface area contributed by atoms with E-state index in [-0.39, 0.29) is 29.2 Å². The lowest BCUT2D eigenvalue weighted by Gasteiger charge is -2.06. The fourth-order valence-electron chi connectivity index (χ4n) is 2.02. The molecule has 0 radical (unpaired) electrons. The van der Waals surface area contributed by atoms with Crippen LogP contribution in [0, 0.1) is 12.7 Å². The third kappa shape index (κ3) is 3.02. The van der Waals surface area contributed by atoms with E-state index in [1.807, 2.05) is 0 Å².